The number of ether oxygens (including phenoxy) is 2. The number of imidazole rings is 1. The first-order chi connectivity index (χ1) is 17.5. The third-order valence-electron chi connectivity index (χ3n) is 5.87. The highest BCUT2D eigenvalue weighted by Crippen LogP contribution is 2.29. The van der Waals surface area contributed by atoms with Crippen molar-refractivity contribution in [3.8, 4) is 22.8 Å². The fraction of sp³-hybridized carbons (Fsp3) is 0.320. The number of rotatable bonds is 7. The molecule has 2 atom stereocenters. The van der Waals surface area contributed by atoms with Gasteiger partial charge in [-0.2, -0.15) is 0 Å². The van der Waals surface area contributed by atoms with Crippen molar-refractivity contribution in [3.63, 3.8) is 0 Å². The molecule has 0 radical (unpaired) electrons. The smallest absolute Gasteiger partial charge is 0.486 e. The van der Waals surface area contributed by atoms with Gasteiger partial charge in [-0.15, -0.1) is 13.2 Å². The summed E-state index contributed by atoms with van der Waals surface area (Å²) in [7, 11) is 1.81. The second kappa shape index (κ2) is 10.5. The van der Waals surface area contributed by atoms with Gasteiger partial charge in [-0.05, 0) is 35.9 Å². The summed E-state index contributed by atoms with van der Waals surface area (Å²) in [6, 6.07) is 9.70. The Labute approximate surface area is 209 Å². The summed E-state index contributed by atoms with van der Waals surface area (Å²) >= 11 is 0. The Morgan fingerprint density at radius 1 is 1.16 bits per heavy atom. The Bertz CT molecular complexity index is 1280. The number of aryl methyl sites for hydroxylation is 1. The van der Waals surface area contributed by atoms with Crippen LogP contribution in [-0.4, -0.2) is 58.0 Å². The lowest BCUT2D eigenvalue weighted by molar-refractivity contribution is -0.274. The monoisotopic (exact) mass is 520 g/mol. The Balaban J connectivity index is 1.37. The van der Waals surface area contributed by atoms with E-state index in [1.165, 1.54) is 23.1 Å². The van der Waals surface area contributed by atoms with E-state index in [0.29, 0.717) is 16.8 Å². The minimum absolute atomic E-state index is 0.0896. The summed E-state index contributed by atoms with van der Waals surface area (Å²) in [5.41, 5.74) is 7.36. The third-order valence-corrected chi connectivity index (χ3v) is 5.87. The number of benzene rings is 2. The summed E-state index contributed by atoms with van der Waals surface area (Å²) in [5.74, 6) is -1.36. The van der Waals surface area contributed by atoms with Crippen molar-refractivity contribution in [2.24, 2.45) is 12.8 Å². The Hall–Kier alpha value is -4.09. The highest BCUT2D eigenvalue weighted by atomic mass is 19.4. The second-order valence-corrected chi connectivity index (χ2v) is 8.67. The van der Waals surface area contributed by atoms with Gasteiger partial charge in [0.25, 0.3) is 5.91 Å². The molecule has 2 N–H and O–H groups in total. The molecule has 8 nitrogen and oxygen atoms in total. The van der Waals surface area contributed by atoms with Crippen LogP contribution in [0, 0.1) is 0 Å². The highest BCUT2D eigenvalue weighted by molar-refractivity contribution is 5.97. The van der Waals surface area contributed by atoms with Crippen molar-refractivity contribution in [1.29, 1.82) is 0 Å². The molecule has 4 rings (SSSR count). The maximum Gasteiger partial charge on any atom is 0.573 e. The van der Waals surface area contributed by atoms with E-state index in [2.05, 4.69) is 9.72 Å². The molecule has 1 unspecified atom stereocenters. The van der Waals surface area contributed by atoms with Crippen molar-refractivity contribution in [2.45, 2.75) is 31.5 Å². The van der Waals surface area contributed by atoms with Gasteiger partial charge in [0.05, 0.1) is 30.6 Å². The number of amides is 2. The van der Waals surface area contributed by atoms with Gasteiger partial charge in [-0.1, -0.05) is 12.1 Å². The first-order valence-electron chi connectivity index (χ1n) is 11.3. The van der Waals surface area contributed by atoms with Crippen LogP contribution >= 0.6 is 0 Å². The van der Waals surface area contributed by atoms with Crippen LogP contribution in [-0.2, 0) is 18.3 Å². The largest absolute Gasteiger partial charge is 0.573 e. The van der Waals surface area contributed by atoms with Gasteiger partial charge in [-0.3, -0.25) is 9.59 Å². The van der Waals surface area contributed by atoms with Crippen LogP contribution in [0.25, 0.3) is 11.3 Å². The molecule has 0 aliphatic carbocycles. The summed E-state index contributed by atoms with van der Waals surface area (Å²) in [6.07, 6.45) is -3.78. The predicted octanol–water partition coefficient (Wildman–Crippen LogP) is 3.65. The number of nitrogens with zero attached hydrogens (tertiary/aromatic N) is 3. The fourth-order valence-corrected chi connectivity index (χ4v) is 4.05. The number of halogens is 4. The van der Waals surface area contributed by atoms with Gasteiger partial charge in [0.2, 0.25) is 5.91 Å². The molecule has 37 heavy (non-hydrogen) atoms. The van der Waals surface area contributed by atoms with E-state index in [9.17, 15) is 22.8 Å². The maximum absolute atomic E-state index is 15.0. The predicted molar refractivity (Wildman–Crippen MR) is 124 cm³/mol. The second-order valence-electron chi connectivity index (χ2n) is 8.67. The van der Waals surface area contributed by atoms with Gasteiger partial charge in [-0.25, -0.2) is 9.37 Å². The van der Waals surface area contributed by atoms with E-state index in [0.717, 1.165) is 12.1 Å². The molecule has 12 heteroatoms. The summed E-state index contributed by atoms with van der Waals surface area (Å²) in [6.45, 7) is -0.0200. The molecular formula is C25H24F4N4O4. The molecule has 0 spiro atoms. The first kappa shape index (κ1) is 26.0. The molecule has 2 aromatic carbocycles. The minimum Gasteiger partial charge on any atom is -0.486 e. The zero-order valence-corrected chi connectivity index (χ0v) is 19.7. The molecule has 0 saturated carbocycles. The van der Waals surface area contributed by atoms with Crippen LogP contribution in [0.1, 0.15) is 22.3 Å². The number of piperidine rings is 1. The van der Waals surface area contributed by atoms with Crippen molar-refractivity contribution in [2.75, 3.05) is 13.1 Å². The van der Waals surface area contributed by atoms with Crippen LogP contribution in [0.15, 0.2) is 55.0 Å². The van der Waals surface area contributed by atoms with Crippen molar-refractivity contribution in [1.82, 2.24) is 14.5 Å². The standard InChI is InChI=1S/C25H24F4N4O4/c1-32-13-20(31-14-32)16-4-7-21(18(11-16)24(30)35)36-22-8-9-33(12-19(22)26)23(34)10-15-2-5-17(6-3-15)37-25(27,28)29/h2-7,11,13-14,19,22H,8-10,12H2,1H3,(H2,30,35)/t19?,22-/m0/s1. The topological polar surface area (TPSA) is 99.7 Å². The van der Waals surface area contributed by atoms with Crippen molar-refractivity contribution >= 4 is 11.8 Å². The number of carbonyl (C=O) groups is 2. The van der Waals surface area contributed by atoms with E-state index in [1.807, 2.05) is 7.05 Å². The molecule has 196 valence electrons. The number of likely N-dealkylation sites (tertiary alicyclic amines) is 1. The van der Waals surface area contributed by atoms with Crippen LogP contribution in [0.5, 0.6) is 11.5 Å². The molecule has 1 aromatic heterocycles. The molecule has 3 aromatic rings. The van der Waals surface area contributed by atoms with Gasteiger partial charge in [0, 0.05) is 31.8 Å². The van der Waals surface area contributed by atoms with Crippen LogP contribution in [0.3, 0.4) is 0 Å². The van der Waals surface area contributed by atoms with Crippen molar-refractivity contribution in [3.05, 3.63) is 66.1 Å². The zero-order chi connectivity index (χ0) is 26.7. The van der Waals surface area contributed by atoms with Gasteiger partial charge < -0.3 is 24.7 Å². The number of carbonyl (C=O) groups excluding carboxylic acids is 2. The average molecular weight is 520 g/mol. The van der Waals surface area contributed by atoms with E-state index in [-0.39, 0.29) is 43.2 Å². The molecule has 2 heterocycles. The summed E-state index contributed by atoms with van der Waals surface area (Å²) in [4.78, 5) is 30.3. The van der Waals surface area contributed by atoms with E-state index >= 15 is 4.39 Å². The normalized spacial score (nSPS) is 17.9. The third kappa shape index (κ3) is 6.57. The lowest BCUT2D eigenvalue weighted by atomic mass is 10.0. The molecule has 1 aliphatic rings. The van der Waals surface area contributed by atoms with E-state index < -0.39 is 30.3 Å². The van der Waals surface area contributed by atoms with Gasteiger partial charge in [0.15, 0.2) is 6.17 Å². The number of primary amides is 1. The Morgan fingerprint density at radius 2 is 1.89 bits per heavy atom. The number of aromatic nitrogens is 2. The summed E-state index contributed by atoms with van der Waals surface area (Å²) < 4.78 is 63.3. The zero-order valence-electron chi connectivity index (χ0n) is 19.7. The van der Waals surface area contributed by atoms with E-state index in [4.69, 9.17) is 10.5 Å². The van der Waals surface area contributed by atoms with Crippen molar-refractivity contribution < 1.29 is 36.6 Å². The lowest BCUT2D eigenvalue weighted by Gasteiger charge is -2.35. The number of hydrogen-bond donors (Lipinski definition) is 1. The van der Waals surface area contributed by atoms with Crippen LogP contribution in [0.2, 0.25) is 0 Å². The first-order valence-corrected chi connectivity index (χ1v) is 11.3. The Morgan fingerprint density at radius 3 is 2.49 bits per heavy atom. The number of nitrogens with two attached hydrogens (primary N) is 1. The fourth-order valence-electron chi connectivity index (χ4n) is 4.05. The lowest BCUT2D eigenvalue weighted by Crippen LogP contribution is -2.49. The van der Waals surface area contributed by atoms with E-state index in [1.54, 1.807) is 29.2 Å². The maximum atomic E-state index is 15.0. The quantitative estimate of drug-likeness (QED) is 0.480. The summed E-state index contributed by atoms with van der Waals surface area (Å²) in [5, 5.41) is 0. The Kier molecular flexibility index (Phi) is 7.37. The van der Waals surface area contributed by atoms with Gasteiger partial charge in [0.1, 0.15) is 17.6 Å². The average Bonchev–Trinajstić information content (AvgIpc) is 3.27. The minimum atomic E-state index is -4.81. The SMILES string of the molecule is Cn1cnc(-c2ccc(O[C@H]3CCN(C(=O)Cc4ccc(OC(F)(F)F)cc4)CC3F)c(C(N)=O)c2)c1. The highest BCUT2D eigenvalue weighted by Gasteiger charge is 2.34. The molecule has 2 amide bonds. The molecular weight excluding hydrogens is 496 g/mol. The van der Waals surface area contributed by atoms with Crippen LogP contribution in [0.4, 0.5) is 17.6 Å². The molecule has 1 fully saturated rings. The molecule has 1 aliphatic heterocycles. The number of alkyl halides is 4. The number of hydrogen-bond acceptors (Lipinski definition) is 5. The van der Waals surface area contributed by atoms with Gasteiger partial charge >= 0.3 is 6.36 Å². The van der Waals surface area contributed by atoms with Crippen LogP contribution < -0.4 is 15.2 Å². The molecule has 0 bridgehead atoms. The molecule has 1 saturated heterocycles.